The molecule has 0 N–H and O–H groups in total. The summed E-state index contributed by atoms with van der Waals surface area (Å²) < 4.78 is 0. The molecule has 0 unspecified atom stereocenters. The van der Waals surface area contributed by atoms with E-state index in [0.717, 1.165) is 12.8 Å². The van der Waals surface area contributed by atoms with Crippen molar-refractivity contribution in [2.45, 2.75) is 32.6 Å². The monoisotopic (exact) mass is 182 g/mol. The van der Waals surface area contributed by atoms with Gasteiger partial charge in [0, 0.05) is 5.88 Å². The molecule has 0 aliphatic rings. The summed E-state index contributed by atoms with van der Waals surface area (Å²) >= 11 is 5.89. The van der Waals surface area contributed by atoms with E-state index in [-0.39, 0.29) is 0 Å². The van der Waals surface area contributed by atoms with E-state index >= 15 is 0 Å². The molecule has 0 nitrogen and oxygen atoms in total. The normalized spacial score (nSPS) is 10.2. The van der Waals surface area contributed by atoms with Crippen molar-refractivity contribution in [2.24, 2.45) is 0 Å². The van der Waals surface area contributed by atoms with Crippen molar-refractivity contribution < 1.29 is 0 Å². The Morgan fingerprint density at radius 3 is 1.92 bits per heavy atom. The van der Waals surface area contributed by atoms with Crippen LogP contribution in [0.25, 0.3) is 0 Å². The maximum atomic E-state index is 5.89. The predicted molar refractivity (Wildman–Crippen MR) is 54.8 cm³/mol. The van der Waals surface area contributed by atoms with Gasteiger partial charge in [-0.15, -0.1) is 11.6 Å². The Hall–Kier alpha value is -0.490. The largest absolute Gasteiger partial charge is 0.122 e. The number of benzene rings is 1. The van der Waals surface area contributed by atoms with Gasteiger partial charge in [-0.2, -0.15) is 0 Å². The molecule has 0 saturated carbocycles. The van der Waals surface area contributed by atoms with Crippen molar-refractivity contribution >= 4 is 11.6 Å². The molecule has 0 aliphatic carbocycles. The molecule has 66 valence electrons. The molecule has 0 aliphatic heterocycles. The summed E-state index contributed by atoms with van der Waals surface area (Å²) in [5, 5.41) is 0. The van der Waals surface area contributed by atoms with Crippen LogP contribution in [0.2, 0.25) is 0 Å². The minimum absolute atomic E-state index is 0.646. The molecular weight excluding hydrogens is 168 g/mol. The molecule has 0 saturated heterocycles. The summed E-state index contributed by atoms with van der Waals surface area (Å²) in [5.74, 6) is 0.646. The third kappa shape index (κ3) is 1.81. The van der Waals surface area contributed by atoms with Crippen LogP contribution in [-0.2, 0) is 18.7 Å². The zero-order valence-electron chi connectivity index (χ0n) is 7.73. The molecule has 0 heterocycles. The fourth-order valence-corrected chi connectivity index (χ4v) is 1.87. The van der Waals surface area contributed by atoms with E-state index in [2.05, 4.69) is 32.0 Å². The Bertz CT molecular complexity index is 231. The highest BCUT2D eigenvalue weighted by Gasteiger charge is 2.03. The highest BCUT2D eigenvalue weighted by molar-refractivity contribution is 6.17. The quantitative estimate of drug-likeness (QED) is 0.628. The number of aryl methyl sites for hydroxylation is 2. The maximum Gasteiger partial charge on any atom is 0.0479 e. The topological polar surface area (TPSA) is 0 Å². The third-order valence-electron chi connectivity index (χ3n) is 2.27. The summed E-state index contributed by atoms with van der Waals surface area (Å²) in [4.78, 5) is 0. The van der Waals surface area contributed by atoms with Crippen LogP contribution < -0.4 is 0 Å². The van der Waals surface area contributed by atoms with Gasteiger partial charge in [-0.25, -0.2) is 0 Å². The summed E-state index contributed by atoms with van der Waals surface area (Å²) in [6.45, 7) is 4.34. The number of hydrogen-bond acceptors (Lipinski definition) is 0. The average Bonchev–Trinajstić information content (AvgIpc) is 2.16. The Balaban J connectivity index is 3.13. The summed E-state index contributed by atoms with van der Waals surface area (Å²) in [6, 6.07) is 6.45. The fraction of sp³-hybridized carbons (Fsp3) is 0.455. The van der Waals surface area contributed by atoms with Crippen molar-refractivity contribution in [3.8, 4) is 0 Å². The van der Waals surface area contributed by atoms with E-state index in [1.54, 1.807) is 0 Å². The average molecular weight is 183 g/mol. The van der Waals surface area contributed by atoms with E-state index in [9.17, 15) is 0 Å². The first-order valence-corrected chi connectivity index (χ1v) is 5.02. The molecule has 0 amide bonds. The molecular formula is C11H15Cl. The van der Waals surface area contributed by atoms with Gasteiger partial charge in [0.2, 0.25) is 0 Å². The van der Waals surface area contributed by atoms with Crippen LogP contribution >= 0.6 is 11.6 Å². The minimum Gasteiger partial charge on any atom is -0.122 e. The molecule has 0 aromatic heterocycles. The number of alkyl halides is 1. The van der Waals surface area contributed by atoms with Gasteiger partial charge in [-0.05, 0) is 29.5 Å². The number of halogens is 1. The molecule has 1 aromatic carbocycles. The van der Waals surface area contributed by atoms with E-state index in [0.29, 0.717) is 5.88 Å². The zero-order chi connectivity index (χ0) is 8.97. The van der Waals surface area contributed by atoms with Crippen LogP contribution in [0.4, 0.5) is 0 Å². The zero-order valence-corrected chi connectivity index (χ0v) is 8.49. The van der Waals surface area contributed by atoms with Crippen LogP contribution in [0.1, 0.15) is 30.5 Å². The Labute approximate surface area is 79.6 Å². The van der Waals surface area contributed by atoms with Crippen molar-refractivity contribution in [1.82, 2.24) is 0 Å². The molecule has 0 atom stereocenters. The molecule has 0 fully saturated rings. The van der Waals surface area contributed by atoms with Crippen LogP contribution in [0.3, 0.4) is 0 Å². The van der Waals surface area contributed by atoms with Crippen molar-refractivity contribution in [3.05, 3.63) is 34.9 Å². The standard InChI is InChI=1S/C11H15Cl/c1-3-9-6-5-7-10(4-2)11(9)8-12/h5-7H,3-4,8H2,1-2H3. The molecule has 0 spiro atoms. The number of rotatable bonds is 3. The Kier molecular flexibility index (Phi) is 3.61. The smallest absolute Gasteiger partial charge is 0.0479 e. The first-order chi connectivity index (χ1) is 5.83. The first kappa shape index (κ1) is 9.60. The highest BCUT2D eigenvalue weighted by Crippen LogP contribution is 2.18. The van der Waals surface area contributed by atoms with E-state index in [1.165, 1.54) is 16.7 Å². The Morgan fingerprint density at radius 1 is 1.08 bits per heavy atom. The van der Waals surface area contributed by atoms with Crippen molar-refractivity contribution in [2.75, 3.05) is 0 Å². The fourth-order valence-electron chi connectivity index (χ4n) is 1.52. The molecule has 12 heavy (non-hydrogen) atoms. The molecule has 1 aromatic rings. The molecule has 0 radical (unpaired) electrons. The van der Waals surface area contributed by atoms with Crippen LogP contribution in [-0.4, -0.2) is 0 Å². The van der Waals surface area contributed by atoms with Crippen LogP contribution in [0.15, 0.2) is 18.2 Å². The Morgan fingerprint density at radius 2 is 1.58 bits per heavy atom. The predicted octanol–water partition coefficient (Wildman–Crippen LogP) is 3.55. The second-order valence-corrected chi connectivity index (χ2v) is 3.16. The lowest BCUT2D eigenvalue weighted by Gasteiger charge is -2.09. The summed E-state index contributed by atoms with van der Waals surface area (Å²) in [5.41, 5.74) is 4.12. The van der Waals surface area contributed by atoms with Gasteiger partial charge >= 0.3 is 0 Å². The third-order valence-corrected chi connectivity index (χ3v) is 2.53. The van der Waals surface area contributed by atoms with E-state index < -0.39 is 0 Å². The van der Waals surface area contributed by atoms with E-state index in [4.69, 9.17) is 11.6 Å². The van der Waals surface area contributed by atoms with Gasteiger partial charge in [0.15, 0.2) is 0 Å². The second-order valence-electron chi connectivity index (χ2n) is 2.90. The summed E-state index contributed by atoms with van der Waals surface area (Å²) in [7, 11) is 0. The van der Waals surface area contributed by atoms with Gasteiger partial charge < -0.3 is 0 Å². The van der Waals surface area contributed by atoms with E-state index in [1.807, 2.05) is 0 Å². The van der Waals surface area contributed by atoms with Gasteiger partial charge in [-0.1, -0.05) is 32.0 Å². The molecule has 1 heteroatoms. The highest BCUT2D eigenvalue weighted by atomic mass is 35.5. The first-order valence-electron chi connectivity index (χ1n) is 4.49. The van der Waals surface area contributed by atoms with Crippen molar-refractivity contribution in [3.63, 3.8) is 0 Å². The summed E-state index contributed by atoms with van der Waals surface area (Å²) in [6.07, 6.45) is 2.16. The second kappa shape index (κ2) is 4.51. The van der Waals surface area contributed by atoms with Crippen LogP contribution in [0, 0.1) is 0 Å². The van der Waals surface area contributed by atoms with Gasteiger partial charge in [-0.3, -0.25) is 0 Å². The van der Waals surface area contributed by atoms with Gasteiger partial charge in [0.25, 0.3) is 0 Å². The lowest BCUT2D eigenvalue weighted by molar-refractivity contribution is 1.04. The minimum atomic E-state index is 0.646. The molecule has 1 rings (SSSR count). The molecule has 0 bridgehead atoms. The lowest BCUT2D eigenvalue weighted by atomic mass is 9.99. The lowest BCUT2D eigenvalue weighted by Crippen LogP contribution is -1.95. The van der Waals surface area contributed by atoms with Crippen molar-refractivity contribution in [1.29, 1.82) is 0 Å². The van der Waals surface area contributed by atoms with Crippen LogP contribution in [0.5, 0.6) is 0 Å². The van der Waals surface area contributed by atoms with Gasteiger partial charge in [0.05, 0.1) is 0 Å². The SMILES string of the molecule is CCc1cccc(CC)c1CCl. The maximum absolute atomic E-state index is 5.89. The van der Waals surface area contributed by atoms with Gasteiger partial charge in [0.1, 0.15) is 0 Å². The number of hydrogen-bond donors (Lipinski definition) is 0.